The standard InChI is InChI=1S/C13H18N4O/c1-16(8-10-7-15-17(2)9-10)13-5-4-11(18-3)6-12(13)14/h4-7,9H,8,14H2,1-3H3. The normalized spacial score (nSPS) is 10.4. The highest BCUT2D eigenvalue weighted by Crippen LogP contribution is 2.27. The van der Waals surface area contributed by atoms with Crippen molar-refractivity contribution in [3.05, 3.63) is 36.2 Å². The number of nitrogens with zero attached hydrogens (tertiary/aromatic N) is 3. The second kappa shape index (κ2) is 5.00. The predicted molar refractivity (Wildman–Crippen MR) is 72.7 cm³/mol. The fraction of sp³-hybridized carbons (Fsp3) is 0.308. The minimum Gasteiger partial charge on any atom is -0.497 e. The Morgan fingerprint density at radius 2 is 2.22 bits per heavy atom. The molecule has 0 spiro atoms. The summed E-state index contributed by atoms with van der Waals surface area (Å²) >= 11 is 0. The van der Waals surface area contributed by atoms with Gasteiger partial charge in [0.05, 0.1) is 24.7 Å². The molecule has 0 bridgehead atoms. The number of ether oxygens (including phenoxy) is 1. The smallest absolute Gasteiger partial charge is 0.121 e. The van der Waals surface area contributed by atoms with E-state index in [2.05, 4.69) is 10.00 Å². The van der Waals surface area contributed by atoms with Crippen LogP contribution >= 0.6 is 0 Å². The number of nitrogen functional groups attached to an aromatic ring is 1. The van der Waals surface area contributed by atoms with Crippen molar-refractivity contribution in [3.63, 3.8) is 0 Å². The van der Waals surface area contributed by atoms with E-state index < -0.39 is 0 Å². The molecule has 0 aliphatic heterocycles. The lowest BCUT2D eigenvalue weighted by molar-refractivity contribution is 0.415. The van der Waals surface area contributed by atoms with E-state index in [0.29, 0.717) is 5.69 Å². The van der Waals surface area contributed by atoms with Crippen molar-refractivity contribution in [2.24, 2.45) is 7.05 Å². The maximum atomic E-state index is 6.01. The third kappa shape index (κ3) is 2.56. The van der Waals surface area contributed by atoms with Gasteiger partial charge in [0.25, 0.3) is 0 Å². The van der Waals surface area contributed by atoms with Crippen LogP contribution in [0.5, 0.6) is 5.75 Å². The van der Waals surface area contributed by atoms with Gasteiger partial charge in [-0.3, -0.25) is 4.68 Å². The fourth-order valence-corrected chi connectivity index (χ4v) is 1.92. The van der Waals surface area contributed by atoms with Crippen LogP contribution < -0.4 is 15.4 Å². The average Bonchev–Trinajstić information content (AvgIpc) is 2.74. The zero-order chi connectivity index (χ0) is 13.1. The molecular weight excluding hydrogens is 228 g/mol. The lowest BCUT2D eigenvalue weighted by Crippen LogP contribution is -2.17. The van der Waals surface area contributed by atoms with Gasteiger partial charge in [-0.15, -0.1) is 0 Å². The molecule has 96 valence electrons. The molecule has 5 heteroatoms. The van der Waals surface area contributed by atoms with Crippen LogP contribution in [-0.4, -0.2) is 23.9 Å². The Bertz CT molecular complexity index is 536. The van der Waals surface area contributed by atoms with E-state index in [9.17, 15) is 0 Å². The molecule has 2 rings (SSSR count). The number of anilines is 2. The number of aromatic nitrogens is 2. The van der Waals surface area contributed by atoms with Crippen LogP contribution in [0.25, 0.3) is 0 Å². The summed E-state index contributed by atoms with van der Waals surface area (Å²) in [5, 5.41) is 4.15. The highest BCUT2D eigenvalue weighted by molar-refractivity contribution is 5.69. The molecule has 5 nitrogen and oxygen atoms in total. The van der Waals surface area contributed by atoms with Crippen molar-refractivity contribution in [2.45, 2.75) is 6.54 Å². The summed E-state index contributed by atoms with van der Waals surface area (Å²) < 4.78 is 6.93. The quantitative estimate of drug-likeness (QED) is 0.833. The second-order valence-corrected chi connectivity index (χ2v) is 4.30. The first-order valence-corrected chi connectivity index (χ1v) is 5.72. The Morgan fingerprint density at radius 1 is 1.44 bits per heavy atom. The zero-order valence-corrected chi connectivity index (χ0v) is 10.9. The summed E-state index contributed by atoms with van der Waals surface area (Å²) in [6.45, 7) is 0.768. The monoisotopic (exact) mass is 246 g/mol. The molecular formula is C13H18N4O. The molecule has 2 aromatic rings. The molecule has 1 aromatic heterocycles. The maximum absolute atomic E-state index is 6.01. The van der Waals surface area contributed by atoms with E-state index in [1.165, 1.54) is 0 Å². The van der Waals surface area contributed by atoms with Gasteiger partial charge in [-0.25, -0.2) is 0 Å². The summed E-state index contributed by atoms with van der Waals surface area (Å²) in [4.78, 5) is 2.09. The molecule has 0 fully saturated rings. The number of hydrogen-bond acceptors (Lipinski definition) is 4. The van der Waals surface area contributed by atoms with Crippen LogP contribution in [0.1, 0.15) is 5.56 Å². The first-order chi connectivity index (χ1) is 8.60. The molecule has 18 heavy (non-hydrogen) atoms. The lowest BCUT2D eigenvalue weighted by Gasteiger charge is -2.20. The summed E-state index contributed by atoms with van der Waals surface area (Å²) in [5.74, 6) is 0.769. The van der Waals surface area contributed by atoms with Gasteiger partial charge in [-0.1, -0.05) is 0 Å². The average molecular weight is 246 g/mol. The van der Waals surface area contributed by atoms with E-state index in [0.717, 1.165) is 23.5 Å². The van der Waals surface area contributed by atoms with Gasteiger partial charge in [0.2, 0.25) is 0 Å². The van der Waals surface area contributed by atoms with Crippen LogP contribution in [-0.2, 0) is 13.6 Å². The number of benzene rings is 1. The highest BCUT2D eigenvalue weighted by Gasteiger charge is 2.08. The largest absolute Gasteiger partial charge is 0.497 e. The van der Waals surface area contributed by atoms with Crippen molar-refractivity contribution in [1.82, 2.24) is 9.78 Å². The van der Waals surface area contributed by atoms with Crippen LogP contribution in [0.2, 0.25) is 0 Å². The molecule has 1 heterocycles. The zero-order valence-electron chi connectivity index (χ0n) is 10.9. The highest BCUT2D eigenvalue weighted by atomic mass is 16.5. The van der Waals surface area contributed by atoms with Crippen molar-refractivity contribution in [1.29, 1.82) is 0 Å². The van der Waals surface area contributed by atoms with Gasteiger partial charge in [-0.2, -0.15) is 5.10 Å². The first-order valence-electron chi connectivity index (χ1n) is 5.72. The van der Waals surface area contributed by atoms with Crippen LogP contribution in [0, 0.1) is 0 Å². The molecule has 0 unspecified atom stereocenters. The second-order valence-electron chi connectivity index (χ2n) is 4.30. The van der Waals surface area contributed by atoms with Crippen LogP contribution in [0.3, 0.4) is 0 Å². The van der Waals surface area contributed by atoms with Gasteiger partial charge < -0.3 is 15.4 Å². The first kappa shape index (κ1) is 12.3. The molecule has 0 saturated heterocycles. The Hall–Kier alpha value is -2.17. The molecule has 0 aliphatic rings. The molecule has 0 radical (unpaired) electrons. The summed E-state index contributed by atoms with van der Waals surface area (Å²) in [6, 6.07) is 5.70. The van der Waals surface area contributed by atoms with Crippen molar-refractivity contribution < 1.29 is 4.74 Å². The van der Waals surface area contributed by atoms with Crippen LogP contribution in [0.15, 0.2) is 30.6 Å². The van der Waals surface area contributed by atoms with Gasteiger partial charge >= 0.3 is 0 Å². The van der Waals surface area contributed by atoms with Gasteiger partial charge in [0.1, 0.15) is 5.75 Å². The Balaban J connectivity index is 2.15. The fourth-order valence-electron chi connectivity index (χ4n) is 1.92. The van der Waals surface area contributed by atoms with Gasteiger partial charge in [-0.05, 0) is 12.1 Å². The molecule has 2 N–H and O–H groups in total. The molecule has 0 amide bonds. The summed E-state index contributed by atoms with van der Waals surface area (Å²) in [5.41, 5.74) is 8.86. The number of hydrogen-bond donors (Lipinski definition) is 1. The minimum atomic E-state index is 0.709. The van der Waals surface area contributed by atoms with Crippen molar-refractivity contribution in [2.75, 3.05) is 24.8 Å². The minimum absolute atomic E-state index is 0.709. The van der Waals surface area contributed by atoms with Crippen molar-refractivity contribution in [3.8, 4) is 5.75 Å². The van der Waals surface area contributed by atoms with Crippen molar-refractivity contribution >= 4 is 11.4 Å². The van der Waals surface area contributed by atoms with E-state index in [1.54, 1.807) is 11.8 Å². The molecule has 0 aliphatic carbocycles. The third-order valence-corrected chi connectivity index (χ3v) is 2.82. The van der Waals surface area contributed by atoms with E-state index in [1.807, 2.05) is 44.7 Å². The molecule has 0 atom stereocenters. The Morgan fingerprint density at radius 3 is 2.78 bits per heavy atom. The molecule has 0 saturated carbocycles. The topological polar surface area (TPSA) is 56.3 Å². The lowest BCUT2D eigenvalue weighted by atomic mass is 10.2. The third-order valence-electron chi connectivity index (χ3n) is 2.82. The summed E-state index contributed by atoms with van der Waals surface area (Å²) in [6.07, 6.45) is 3.85. The number of methoxy groups -OCH3 is 1. The summed E-state index contributed by atoms with van der Waals surface area (Å²) in [7, 11) is 5.55. The van der Waals surface area contributed by atoms with E-state index in [-0.39, 0.29) is 0 Å². The predicted octanol–water partition coefficient (Wildman–Crippen LogP) is 1.65. The number of nitrogens with two attached hydrogens (primary N) is 1. The van der Waals surface area contributed by atoms with E-state index >= 15 is 0 Å². The molecule has 1 aromatic carbocycles. The maximum Gasteiger partial charge on any atom is 0.121 e. The number of aryl methyl sites for hydroxylation is 1. The number of rotatable bonds is 4. The van der Waals surface area contributed by atoms with Gasteiger partial charge in [0.15, 0.2) is 0 Å². The Kier molecular flexibility index (Phi) is 3.41. The SMILES string of the molecule is COc1ccc(N(C)Cc2cnn(C)c2)c(N)c1. The van der Waals surface area contributed by atoms with Crippen LogP contribution in [0.4, 0.5) is 11.4 Å². The van der Waals surface area contributed by atoms with E-state index in [4.69, 9.17) is 10.5 Å². The van der Waals surface area contributed by atoms with Gasteiger partial charge in [0, 0.05) is 38.5 Å². The Labute approximate surface area is 107 Å².